The molecule has 1 N–H and O–H groups in total. The van der Waals surface area contributed by atoms with E-state index in [1.54, 1.807) is 4.90 Å². The van der Waals surface area contributed by atoms with Gasteiger partial charge in [0.05, 0.1) is 6.61 Å². The van der Waals surface area contributed by atoms with Gasteiger partial charge in [-0.05, 0) is 30.4 Å². The lowest BCUT2D eigenvalue weighted by Crippen LogP contribution is -2.45. The summed E-state index contributed by atoms with van der Waals surface area (Å²) in [6.45, 7) is 6.03. The molecule has 0 bridgehead atoms. The molecule has 2 rings (SSSR count). The molecule has 126 valence electrons. The molecule has 1 atom stereocenters. The zero-order valence-electron chi connectivity index (χ0n) is 14.0. The van der Waals surface area contributed by atoms with Crippen molar-refractivity contribution in [1.29, 1.82) is 0 Å². The molecule has 1 unspecified atom stereocenters. The Hall–Kier alpha value is -1.88. The number of carbonyl (C=O) groups excluding carboxylic acids is 2. The Bertz CT molecular complexity index is 545. The lowest BCUT2D eigenvalue weighted by atomic mass is 10.1. The Morgan fingerprint density at radius 1 is 1.30 bits per heavy atom. The fourth-order valence-electron chi connectivity index (χ4n) is 2.91. The van der Waals surface area contributed by atoms with Gasteiger partial charge in [-0.25, -0.2) is 0 Å². The monoisotopic (exact) mass is 318 g/mol. The van der Waals surface area contributed by atoms with Crippen molar-refractivity contribution < 1.29 is 14.3 Å². The van der Waals surface area contributed by atoms with E-state index < -0.39 is 0 Å². The van der Waals surface area contributed by atoms with Gasteiger partial charge in [0.15, 0.2) is 0 Å². The maximum absolute atomic E-state index is 12.4. The lowest BCUT2D eigenvalue weighted by molar-refractivity contribution is -0.136. The summed E-state index contributed by atoms with van der Waals surface area (Å²) in [5.41, 5.74) is 2.15. The zero-order valence-corrected chi connectivity index (χ0v) is 14.0. The minimum atomic E-state index is -0.323. The van der Waals surface area contributed by atoms with Gasteiger partial charge in [0.1, 0.15) is 6.04 Å². The van der Waals surface area contributed by atoms with E-state index in [-0.39, 0.29) is 17.9 Å². The second kappa shape index (κ2) is 8.67. The Balaban J connectivity index is 1.92. The van der Waals surface area contributed by atoms with Crippen LogP contribution in [0.2, 0.25) is 0 Å². The number of benzene rings is 1. The number of carbonyl (C=O) groups is 2. The minimum Gasteiger partial charge on any atom is -0.377 e. The summed E-state index contributed by atoms with van der Waals surface area (Å²) in [6.07, 6.45) is 2.62. The van der Waals surface area contributed by atoms with Crippen LogP contribution >= 0.6 is 0 Å². The molecule has 0 radical (unpaired) electrons. The fraction of sp³-hybridized carbons (Fsp3) is 0.556. The number of likely N-dealkylation sites (tertiary alicyclic amines) is 1. The number of nitrogens with one attached hydrogen (secondary N) is 1. The molecule has 1 aliphatic rings. The second-order valence-electron chi connectivity index (χ2n) is 5.91. The quantitative estimate of drug-likeness (QED) is 0.784. The van der Waals surface area contributed by atoms with Crippen LogP contribution in [0.4, 0.5) is 0 Å². The van der Waals surface area contributed by atoms with Gasteiger partial charge in [-0.1, -0.05) is 31.2 Å². The predicted octanol–water partition coefficient (Wildman–Crippen LogP) is 2.24. The second-order valence-corrected chi connectivity index (χ2v) is 5.91. The van der Waals surface area contributed by atoms with Crippen LogP contribution in [0, 0.1) is 0 Å². The smallest absolute Gasteiger partial charge is 0.243 e. The number of amides is 2. The molecule has 1 aliphatic heterocycles. The molecular weight excluding hydrogens is 292 g/mol. The topological polar surface area (TPSA) is 58.6 Å². The van der Waals surface area contributed by atoms with Gasteiger partial charge < -0.3 is 15.0 Å². The first kappa shape index (κ1) is 17.5. The molecule has 1 aromatic carbocycles. The van der Waals surface area contributed by atoms with Crippen molar-refractivity contribution in [2.75, 3.05) is 13.2 Å². The molecule has 5 heteroatoms. The van der Waals surface area contributed by atoms with Crippen LogP contribution in [0.3, 0.4) is 0 Å². The van der Waals surface area contributed by atoms with Crippen LogP contribution in [0.1, 0.15) is 44.2 Å². The molecular formula is C18H26N2O3. The number of hydrogen-bond donors (Lipinski definition) is 1. The van der Waals surface area contributed by atoms with Gasteiger partial charge >= 0.3 is 0 Å². The van der Waals surface area contributed by atoms with Crippen molar-refractivity contribution in [3.05, 3.63) is 35.4 Å². The first-order valence-electron chi connectivity index (χ1n) is 8.33. The van der Waals surface area contributed by atoms with Crippen molar-refractivity contribution in [3.8, 4) is 0 Å². The maximum Gasteiger partial charge on any atom is 0.243 e. The van der Waals surface area contributed by atoms with E-state index in [0.717, 1.165) is 37.0 Å². The molecule has 1 aromatic rings. The van der Waals surface area contributed by atoms with Crippen LogP contribution in [0.15, 0.2) is 24.3 Å². The first-order valence-corrected chi connectivity index (χ1v) is 8.33. The number of nitrogens with zero attached hydrogens (tertiary/aromatic N) is 1. The van der Waals surface area contributed by atoms with Crippen molar-refractivity contribution in [2.45, 2.75) is 52.3 Å². The fourth-order valence-corrected chi connectivity index (χ4v) is 2.91. The number of rotatable bonds is 7. The molecule has 0 aromatic heterocycles. The van der Waals surface area contributed by atoms with Gasteiger partial charge in [0.2, 0.25) is 11.8 Å². The molecule has 1 saturated heterocycles. The molecule has 1 fully saturated rings. The van der Waals surface area contributed by atoms with Gasteiger partial charge in [0, 0.05) is 26.6 Å². The first-order chi connectivity index (χ1) is 11.1. The number of ether oxygens (including phenoxy) is 1. The normalized spacial score (nSPS) is 17.3. The van der Waals surface area contributed by atoms with Crippen LogP contribution in [-0.4, -0.2) is 35.9 Å². The predicted molar refractivity (Wildman–Crippen MR) is 88.6 cm³/mol. The third-order valence-corrected chi connectivity index (χ3v) is 4.14. The Morgan fingerprint density at radius 3 is 2.74 bits per heavy atom. The minimum absolute atomic E-state index is 0.0315. The highest BCUT2D eigenvalue weighted by Gasteiger charge is 2.32. The SMILES string of the molecule is CCCOCc1ccccc1CNC(=O)C1CCCN1C(C)=O. The summed E-state index contributed by atoms with van der Waals surface area (Å²) in [7, 11) is 0. The highest BCUT2D eigenvalue weighted by molar-refractivity contribution is 5.87. The summed E-state index contributed by atoms with van der Waals surface area (Å²) in [5.74, 6) is -0.0991. The van der Waals surface area contributed by atoms with E-state index in [1.807, 2.05) is 24.3 Å². The van der Waals surface area contributed by atoms with Crippen LogP contribution < -0.4 is 5.32 Å². The Kier molecular flexibility index (Phi) is 6.59. The molecule has 5 nitrogen and oxygen atoms in total. The van der Waals surface area contributed by atoms with Crippen LogP contribution in [0.5, 0.6) is 0 Å². The summed E-state index contributed by atoms with van der Waals surface area (Å²) >= 11 is 0. The molecule has 23 heavy (non-hydrogen) atoms. The van der Waals surface area contributed by atoms with Crippen LogP contribution in [0.25, 0.3) is 0 Å². The average molecular weight is 318 g/mol. The van der Waals surface area contributed by atoms with Crippen molar-refractivity contribution in [3.63, 3.8) is 0 Å². The van der Waals surface area contributed by atoms with E-state index in [4.69, 9.17) is 4.74 Å². The standard InChI is InChI=1S/C18H26N2O3/c1-3-11-23-13-16-8-5-4-7-15(16)12-19-18(22)17-9-6-10-20(17)14(2)21/h4-5,7-8,17H,3,6,9-13H2,1-2H3,(H,19,22). The molecule has 0 saturated carbocycles. The summed E-state index contributed by atoms with van der Waals surface area (Å²) in [5, 5.41) is 2.97. The van der Waals surface area contributed by atoms with E-state index >= 15 is 0 Å². The van der Waals surface area contributed by atoms with Crippen LogP contribution in [-0.2, 0) is 27.5 Å². The van der Waals surface area contributed by atoms with E-state index in [1.165, 1.54) is 6.92 Å². The van der Waals surface area contributed by atoms with Gasteiger partial charge in [-0.2, -0.15) is 0 Å². The zero-order chi connectivity index (χ0) is 16.7. The third-order valence-electron chi connectivity index (χ3n) is 4.14. The summed E-state index contributed by atoms with van der Waals surface area (Å²) in [6, 6.07) is 7.64. The highest BCUT2D eigenvalue weighted by atomic mass is 16.5. The van der Waals surface area contributed by atoms with E-state index in [9.17, 15) is 9.59 Å². The summed E-state index contributed by atoms with van der Waals surface area (Å²) in [4.78, 5) is 25.6. The van der Waals surface area contributed by atoms with Gasteiger partial charge in [-0.15, -0.1) is 0 Å². The molecule has 1 heterocycles. The van der Waals surface area contributed by atoms with Gasteiger partial charge in [0.25, 0.3) is 0 Å². The highest BCUT2D eigenvalue weighted by Crippen LogP contribution is 2.18. The molecule has 0 aliphatic carbocycles. The molecule has 0 spiro atoms. The van der Waals surface area contributed by atoms with Crippen molar-refractivity contribution in [2.24, 2.45) is 0 Å². The largest absolute Gasteiger partial charge is 0.377 e. The maximum atomic E-state index is 12.4. The van der Waals surface area contributed by atoms with Crippen molar-refractivity contribution >= 4 is 11.8 Å². The molecule has 2 amide bonds. The van der Waals surface area contributed by atoms with E-state index in [0.29, 0.717) is 19.7 Å². The van der Waals surface area contributed by atoms with Crippen molar-refractivity contribution in [1.82, 2.24) is 10.2 Å². The van der Waals surface area contributed by atoms with E-state index in [2.05, 4.69) is 12.2 Å². The Morgan fingerprint density at radius 2 is 2.04 bits per heavy atom. The number of hydrogen-bond acceptors (Lipinski definition) is 3. The summed E-state index contributed by atoms with van der Waals surface area (Å²) < 4.78 is 5.60. The lowest BCUT2D eigenvalue weighted by Gasteiger charge is -2.22. The third kappa shape index (κ3) is 4.79. The Labute approximate surface area is 138 Å². The average Bonchev–Trinajstić information content (AvgIpc) is 3.04. The van der Waals surface area contributed by atoms with Gasteiger partial charge in [-0.3, -0.25) is 9.59 Å².